The Kier molecular flexibility index (Phi) is 6.05. The molecule has 7 heteroatoms. The first kappa shape index (κ1) is 21.3. The molecule has 0 aliphatic carbocycles. The van der Waals surface area contributed by atoms with Crippen molar-refractivity contribution < 1.29 is 14.3 Å². The second-order valence-electron chi connectivity index (χ2n) is 6.92. The topological polar surface area (TPSA) is 70.4 Å². The minimum atomic E-state index is -0.449. The average Bonchev–Trinajstić information content (AvgIpc) is 2.82. The Labute approximate surface area is 189 Å². The SMILES string of the molecule is COC(=O)c1ccc(-n2c(/C=C/c3ccc(OC)cc3)nc3cc(Cl)ccc3c2=O)cc1. The van der Waals surface area contributed by atoms with Crippen molar-refractivity contribution in [3.63, 3.8) is 0 Å². The fraction of sp³-hybridized carbons (Fsp3) is 0.0800. The van der Waals surface area contributed by atoms with E-state index in [2.05, 4.69) is 4.98 Å². The number of methoxy groups -OCH3 is 2. The van der Waals surface area contributed by atoms with Crippen LogP contribution in [-0.2, 0) is 4.74 Å². The lowest BCUT2D eigenvalue weighted by molar-refractivity contribution is 0.0600. The Balaban J connectivity index is 1.86. The summed E-state index contributed by atoms with van der Waals surface area (Å²) in [7, 11) is 2.93. The van der Waals surface area contributed by atoms with Crippen LogP contribution in [0.15, 0.2) is 71.5 Å². The number of hydrogen-bond donors (Lipinski definition) is 0. The summed E-state index contributed by atoms with van der Waals surface area (Å²) in [5.41, 5.74) is 2.13. The van der Waals surface area contributed by atoms with E-state index in [9.17, 15) is 9.59 Å². The van der Waals surface area contributed by atoms with Gasteiger partial charge in [0.1, 0.15) is 11.6 Å². The highest BCUT2D eigenvalue weighted by Crippen LogP contribution is 2.20. The van der Waals surface area contributed by atoms with E-state index in [1.807, 2.05) is 30.3 Å². The molecule has 0 unspecified atom stereocenters. The van der Waals surface area contributed by atoms with Gasteiger partial charge in [0.2, 0.25) is 0 Å². The minimum absolute atomic E-state index is 0.244. The van der Waals surface area contributed by atoms with Gasteiger partial charge in [-0.3, -0.25) is 9.36 Å². The summed E-state index contributed by atoms with van der Waals surface area (Å²) in [6.45, 7) is 0. The maximum atomic E-state index is 13.4. The van der Waals surface area contributed by atoms with Crippen molar-refractivity contribution in [1.29, 1.82) is 0 Å². The second kappa shape index (κ2) is 9.08. The normalized spacial score (nSPS) is 11.1. The summed E-state index contributed by atoms with van der Waals surface area (Å²) in [6, 6.07) is 19.1. The molecule has 0 saturated heterocycles. The molecule has 0 aliphatic heterocycles. The van der Waals surface area contributed by atoms with Crippen LogP contribution in [0.4, 0.5) is 0 Å². The first-order chi connectivity index (χ1) is 15.5. The van der Waals surface area contributed by atoms with Gasteiger partial charge in [-0.1, -0.05) is 29.8 Å². The highest BCUT2D eigenvalue weighted by atomic mass is 35.5. The molecule has 0 bridgehead atoms. The number of hydrogen-bond acceptors (Lipinski definition) is 5. The molecule has 160 valence electrons. The molecule has 0 atom stereocenters. The number of halogens is 1. The van der Waals surface area contributed by atoms with Crippen molar-refractivity contribution in [1.82, 2.24) is 9.55 Å². The fourth-order valence-corrected chi connectivity index (χ4v) is 3.45. The Morgan fingerprint density at radius 1 is 0.969 bits per heavy atom. The van der Waals surface area contributed by atoms with Gasteiger partial charge in [-0.05, 0) is 66.2 Å². The van der Waals surface area contributed by atoms with Gasteiger partial charge in [0.15, 0.2) is 0 Å². The molecule has 0 amide bonds. The van der Waals surface area contributed by atoms with Crippen LogP contribution in [0.5, 0.6) is 5.75 Å². The van der Waals surface area contributed by atoms with Gasteiger partial charge < -0.3 is 9.47 Å². The van der Waals surface area contributed by atoms with Crippen LogP contribution >= 0.6 is 11.6 Å². The molecule has 0 radical (unpaired) electrons. The van der Waals surface area contributed by atoms with Crippen LogP contribution in [0, 0.1) is 0 Å². The summed E-state index contributed by atoms with van der Waals surface area (Å²) >= 11 is 6.12. The van der Waals surface area contributed by atoms with E-state index < -0.39 is 5.97 Å². The Morgan fingerprint density at radius 3 is 2.34 bits per heavy atom. The number of fused-ring (bicyclic) bond motifs is 1. The summed E-state index contributed by atoms with van der Waals surface area (Å²) in [6.07, 6.45) is 3.62. The number of carbonyl (C=O) groups is 1. The van der Waals surface area contributed by atoms with Gasteiger partial charge in [0.05, 0.1) is 36.4 Å². The molecule has 0 saturated carbocycles. The smallest absolute Gasteiger partial charge is 0.337 e. The van der Waals surface area contributed by atoms with Crippen LogP contribution < -0.4 is 10.3 Å². The number of rotatable bonds is 5. The molecule has 4 rings (SSSR count). The van der Waals surface area contributed by atoms with Gasteiger partial charge in [-0.2, -0.15) is 0 Å². The third-order valence-corrected chi connectivity index (χ3v) is 5.18. The molecule has 0 N–H and O–H groups in total. The maximum Gasteiger partial charge on any atom is 0.337 e. The molecular formula is C25H19ClN2O4. The van der Waals surface area contributed by atoms with E-state index in [1.165, 1.54) is 11.7 Å². The van der Waals surface area contributed by atoms with Crippen LogP contribution in [0.25, 0.3) is 28.7 Å². The molecule has 0 fully saturated rings. The highest BCUT2D eigenvalue weighted by Gasteiger charge is 2.13. The second-order valence-corrected chi connectivity index (χ2v) is 7.35. The lowest BCUT2D eigenvalue weighted by Crippen LogP contribution is -2.22. The quantitative estimate of drug-likeness (QED) is 0.403. The predicted octanol–water partition coefficient (Wildman–Crippen LogP) is 5.00. The number of ether oxygens (including phenoxy) is 2. The minimum Gasteiger partial charge on any atom is -0.497 e. The van der Waals surface area contributed by atoms with Gasteiger partial charge in [-0.15, -0.1) is 0 Å². The fourth-order valence-electron chi connectivity index (χ4n) is 3.29. The van der Waals surface area contributed by atoms with E-state index in [1.54, 1.807) is 55.7 Å². The van der Waals surface area contributed by atoms with Crippen molar-refractivity contribution in [2.75, 3.05) is 14.2 Å². The van der Waals surface area contributed by atoms with Crippen molar-refractivity contribution >= 4 is 40.6 Å². The zero-order valence-electron chi connectivity index (χ0n) is 17.4. The van der Waals surface area contributed by atoms with E-state index in [0.29, 0.717) is 33.0 Å². The average molecular weight is 447 g/mol. The number of nitrogens with zero attached hydrogens (tertiary/aromatic N) is 2. The van der Waals surface area contributed by atoms with E-state index in [0.717, 1.165) is 11.3 Å². The summed E-state index contributed by atoms with van der Waals surface area (Å²) in [5.74, 6) is 0.726. The molecule has 6 nitrogen and oxygen atoms in total. The zero-order chi connectivity index (χ0) is 22.7. The van der Waals surface area contributed by atoms with Gasteiger partial charge in [0.25, 0.3) is 5.56 Å². The molecule has 0 aliphatic rings. The van der Waals surface area contributed by atoms with E-state index in [-0.39, 0.29) is 5.56 Å². The standard InChI is InChI=1S/C25H19ClN2O4/c1-31-20-11-3-16(4-12-20)5-14-23-27-22-15-18(26)8-13-21(22)24(29)28(23)19-9-6-17(7-10-19)25(30)32-2/h3-15H,1-2H3/b14-5+. The van der Waals surface area contributed by atoms with E-state index >= 15 is 0 Å². The number of esters is 1. The Hall–Kier alpha value is -3.90. The zero-order valence-corrected chi connectivity index (χ0v) is 18.2. The third-order valence-electron chi connectivity index (χ3n) is 4.94. The molecule has 0 spiro atoms. The molecule has 1 heterocycles. The first-order valence-electron chi connectivity index (χ1n) is 9.73. The monoisotopic (exact) mass is 446 g/mol. The van der Waals surface area contributed by atoms with Gasteiger partial charge >= 0.3 is 5.97 Å². The Morgan fingerprint density at radius 2 is 1.69 bits per heavy atom. The lowest BCUT2D eigenvalue weighted by Gasteiger charge is -2.12. The van der Waals surface area contributed by atoms with Crippen LogP contribution in [0.3, 0.4) is 0 Å². The van der Waals surface area contributed by atoms with Crippen molar-refractivity contribution in [2.24, 2.45) is 0 Å². The largest absolute Gasteiger partial charge is 0.497 e. The van der Waals surface area contributed by atoms with Gasteiger partial charge in [0, 0.05) is 5.02 Å². The molecule has 4 aromatic rings. The maximum absolute atomic E-state index is 13.4. The molecule has 1 aromatic heterocycles. The molecule has 3 aromatic carbocycles. The van der Waals surface area contributed by atoms with Gasteiger partial charge in [-0.25, -0.2) is 9.78 Å². The number of benzene rings is 3. The number of aromatic nitrogens is 2. The van der Waals surface area contributed by atoms with E-state index in [4.69, 9.17) is 21.1 Å². The summed E-state index contributed by atoms with van der Waals surface area (Å²) in [4.78, 5) is 29.8. The molecule has 32 heavy (non-hydrogen) atoms. The van der Waals surface area contributed by atoms with Crippen molar-refractivity contribution in [3.8, 4) is 11.4 Å². The molecular weight excluding hydrogens is 428 g/mol. The van der Waals surface area contributed by atoms with Crippen LogP contribution in [-0.4, -0.2) is 29.7 Å². The number of carbonyl (C=O) groups excluding carboxylic acids is 1. The third kappa shape index (κ3) is 4.26. The summed E-state index contributed by atoms with van der Waals surface area (Å²) in [5, 5.41) is 0.933. The predicted molar refractivity (Wildman–Crippen MR) is 126 cm³/mol. The summed E-state index contributed by atoms with van der Waals surface area (Å²) < 4.78 is 11.4. The van der Waals surface area contributed by atoms with Crippen LogP contribution in [0.2, 0.25) is 5.02 Å². The van der Waals surface area contributed by atoms with Crippen molar-refractivity contribution in [3.05, 3.63) is 99.1 Å². The van der Waals surface area contributed by atoms with Crippen LogP contribution in [0.1, 0.15) is 21.7 Å². The highest BCUT2D eigenvalue weighted by molar-refractivity contribution is 6.31. The Bertz CT molecular complexity index is 1370. The first-order valence-corrected chi connectivity index (χ1v) is 10.1. The lowest BCUT2D eigenvalue weighted by atomic mass is 10.1. The van der Waals surface area contributed by atoms with Crippen molar-refractivity contribution in [2.45, 2.75) is 0 Å².